The van der Waals surface area contributed by atoms with Crippen LogP contribution in [0.2, 0.25) is 0 Å². The topological polar surface area (TPSA) is 132 Å². The van der Waals surface area contributed by atoms with Crippen molar-refractivity contribution in [2.24, 2.45) is 0 Å². The maximum atomic E-state index is 12.6. The van der Waals surface area contributed by atoms with Crippen LogP contribution in [0.5, 0.6) is 0 Å². The first-order valence-corrected chi connectivity index (χ1v) is 9.93. The van der Waals surface area contributed by atoms with Gasteiger partial charge in [0.1, 0.15) is 6.04 Å². The van der Waals surface area contributed by atoms with Crippen molar-refractivity contribution in [1.29, 1.82) is 0 Å². The molecule has 3 N–H and O–H groups in total. The number of aromatic nitrogens is 1. The fourth-order valence-corrected chi connectivity index (χ4v) is 3.67. The number of nitrogens with one attached hydrogen (secondary N) is 2. The fourth-order valence-electron chi connectivity index (χ4n) is 3.67. The van der Waals surface area contributed by atoms with Crippen LogP contribution in [0.25, 0.3) is 0 Å². The molecule has 3 aliphatic heterocycles. The molecular formula is C19H22F3N5O5. The molecule has 32 heavy (non-hydrogen) atoms. The van der Waals surface area contributed by atoms with Crippen molar-refractivity contribution in [2.45, 2.75) is 38.1 Å². The van der Waals surface area contributed by atoms with Gasteiger partial charge in [-0.3, -0.25) is 29.6 Å². The molecule has 4 heterocycles. The Balaban J connectivity index is 0.000000360. The largest absolute Gasteiger partial charge is 0.490 e. The zero-order valence-corrected chi connectivity index (χ0v) is 16.9. The minimum absolute atomic E-state index is 0.175. The Morgan fingerprint density at radius 2 is 1.84 bits per heavy atom. The molecule has 0 aliphatic carbocycles. The lowest BCUT2D eigenvalue weighted by molar-refractivity contribution is -0.192. The second kappa shape index (κ2) is 9.61. The number of carboxylic acids is 1. The normalized spacial score (nSPS) is 21.5. The van der Waals surface area contributed by atoms with Crippen LogP contribution < -0.4 is 10.6 Å². The van der Waals surface area contributed by atoms with Gasteiger partial charge in [0.05, 0.1) is 23.5 Å². The molecule has 1 aromatic rings. The Labute approximate surface area is 180 Å². The standard InChI is InChI=1S/C17H21N5O3.C2HF3O2/c23-15-4-3-14(16(24)20-15)22-10-13-12(17(22)25)2-1-11(19-13)9-21-7-5-18-6-8-21;3-2(4,5)1(6)7/h1-2,14,18H,3-10H2,(H,20,23,24);(H,6,7). The molecule has 4 rings (SSSR count). The van der Waals surface area contributed by atoms with Crippen molar-refractivity contribution in [1.82, 2.24) is 25.4 Å². The predicted molar refractivity (Wildman–Crippen MR) is 102 cm³/mol. The number of aliphatic carboxylic acids is 1. The Morgan fingerprint density at radius 3 is 2.44 bits per heavy atom. The van der Waals surface area contributed by atoms with E-state index in [2.05, 4.69) is 20.5 Å². The van der Waals surface area contributed by atoms with Crippen LogP contribution in [0.3, 0.4) is 0 Å². The summed E-state index contributed by atoms with van der Waals surface area (Å²) in [5.74, 6) is -3.60. The van der Waals surface area contributed by atoms with Gasteiger partial charge in [-0.05, 0) is 18.6 Å². The number of hydrogen-bond donors (Lipinski definition) is 3. The summed E-state index contributed by atoms with van der Waals surface area (Å²) in [6.45, 7) is 5.02. The highest BCUT2D eigenvalue weighted by Gasteiger charge is 2.40. The fraction of sp³-hybridized carbons (Fsp3) is 0.526. The molecule has 2 saturated heterocycles. The summed E-state index contributed by atoms with van der Waals surface area (Å²) in [5, 5.41) is 12.8. The van der Waals surface area contributed by atoms with E-state index >= 15 is 0 Å². The van der Waals surface area contributed by atoms with Gasteiger partial charge in [0, 0.05) is 39.1 Å². The molecule has 1 unspecified atom stereocenters. The number of amides is 3. The summed E-state index contributed by atoms with van der Waals surface area (Å²) in [4.78, 5) is 53.4. The zero-order valence-electron chi connectivity index (χ0n) is 16.9. The molecule has 0 bridgehead atoms. The van der Waals surface area contributed by atoms with E-state index in [9.17, 15) is 27.6 Å². The second-order valence-corrected chi connectivity index (χ2v) is 7.53. The number of halogens is 3. The van der Waals surface area contributed by atoms with Crippen LogP contribution in [-0.2, 0) is 27.5 Å². The van der Waals surface area contributed by atoms with E-state index in [1.54, 1.807) is 0 Å². The zero-order chi connectivity index (χ0) is 23.5. The van der Waals surface area contributed by atoms with Gasteiger partial charge in [0.25, 0.3) is 5.91 Å². The number of carboxylic acid groups (broad SMARTS) is 1. The lowest BCUT2D eigenvalue weighted by Crippen LogP contribution is -2.52. The van der Waals surface area contributed by atoms with Gasteiger partial charge in [-0.25, -0.2) is 4.79 Å². The minimum Gasteiger partial charge on any atom is -0.475 e. The summed E-state index contributed by atoms with van der Waals surface area (Å²) in [6, 6.07) is 3.12. The number of hydrogen-bond acceptors (Lipinski definition) is 7. The summed E-state index contributed by atoms with van der Waals surface area (Å²) < 4.78 is 31.7. The number of imide groups is 1. The van der Waals surface area contributed by atoms with Gasteiger partial charge in [-0.15, -0.1) is 0 Å². The molecule has 0 radical (unpaired) electrons. The molecule has 0 aromatic carbocycles. The van der Waals surface area contributed by atoms with Crippen molar-refractivity contribution in [3.05, 3.63) is 29.1 Å². The Bertz CT molecular complexity index is 917. The number of piperidine rings is 1. The molecule has 0 spiro atoms. The SMILES string of the molecule is O=C(O)C(F)(F)F.O=C1CCC(N2Cc3nc(CN4CCNCC4)ccc3C2=O)C(=O)N1. The third-order valence-corrected chi connectivity index (χ3v) is 5.27. The van der Waals surface area contributed by atoms with Gasteiger partial charge in [-0.1, -0.05) is 0 Å². The quantitative estimate of drug-likeness (QED) is 0.536. The highest BCUT2D eigenvalue weighted by Crippen LogP contribution is 2.26. The third-order valence-electron chi connectivity index (χ3n) is 5.27. The highest BCUT2D eigenvalue weighted by atomic mass is 19.4. The van der Waals surface area contributed by atoms with Crippen molar-refractivity contribution < 1.29 is 37.5 Å². The number of alkyl halides is 3. The molecule has 2 fully saturated rings. The lowest BCUT2D eigenvalue weighted by atomic mass is 10.0. The van der Waals surface area contributed by atoms with E-state index in [-0.39, 0.29) is 18.2 Å². The lowest BCUT2D eigenvalue weighted by Gasteiger charge is -2.29. The number of fused-ring (bicyclic) bond motifs is 1. The first-order valence-electron chi connectivity index (χ1n) is 9.93. The number of rotatable bonds is 3. The smallest absolute Gasteiger partial charge is 0.475 e. The molecule has 1 aromatic heterocycles. The number of nitrogens with zero attached hydrogens (tertiary/aromatic N) is 3. The van der Waals surface area contributed by atoms with Crippen LogP contribution in [0, 0.1) is 0 Å². The first-order chi connectivity index (χ1) is 15.1. The molecule has 3 aliphatic rings. The van der Waals surface area contributed by atoms with E-state index in [0.29, 0.717) is 18.5 Å². The van der Waals surface area contributed by atoms with Crippen LogP contribution in [-0.4, -0.2) is 82.0 Å². The number of piperazine rings is 1. The van der Waals surface area contributed by atoms with Gasteiger partial charge in [0.15, 0.2) is 0 Å². The average molecular weight is 457 g/mol. The van der Waals surface area contributed by atoms with E-state index in [1.165, 1.54) is 4.90 Å². The van der Waals surface area contributed by atoms with Gasteiger partial charge < -0.3 is 15.3 Å². The van der Waals surface area contributed by atoms with Crippen molar-refractivity contribution in [3.8, 4) is 0 Å². The minimum atomic E-state index is -5.08. The average Bonchev–Trinajstić information content (AvgIpc) is 3.04. The van der Waals surface area contributed by atoms with Crippen molar-refractivity contribution in [3.63, 3.8) is 0 Å². The maximum Gasteiger partial charge on any atom is 0.490 e. The van der Waals surface area contributed by atoms with Gasteiger partial charge in [0.2, 0.25) is 11.8 Å². The number of carbonyl (C=O) groups excluding carboxylic acids is 3. The third kappa shape index (κ3) is 5.59. The van der Waals surface area contributed by atoms with Gasteiger partial charge in [-0.2, -0.15) is 13.2 Å². The Kier molecular flexibility index (Phi) is 7.09. The van der Waals surface area contributed by atoms with Crippen LogP contribution in [0.1, 0.15) is 34.6 Å². The molecule has 3 amide bonds. The van der Waals surface area contributed by atoms with E-state index in [4.69, 9.17) is 9.90 Å². The van der Waals surface area contributed by atoms with Crippen LogP contribution in [0.15, 0.2) is 12.1 Å². The molecular weight excluding hydrogens is 435 g/mol. The number of pyridine rings is 1. The molecule has 174 valence electrons. The van der Waals surface area contributed by atoms with Crippen LogP contribution in [0.4, 0.5) is 13.2 Å². The van der Waals surface area contributed by atoms with Crippen molar-refractivity contribution in [2.75, 3.05) is 26.2 Å². The highest BCUT2D eigenvalue weighted by molar-refractivity contribution is 6.05. The summed E-state index contributed by atoms with van der Waals surface area (Å²) in [6.07, 6.45) is -4.45. The Hall–Kier alpha value is -3.06. The van der Waals surface area contributed by atoms with E-state index in [1.807, 2.05) is 12.1 Å². The summed E-state index contributed by atoms with van der Waals surface area (Å²) in [5.41, 5.74) is 2.23. The number of carbonyl (C=O) groups is 4. The van der Waals surface area contributed by atoms with Gasteiger partial charge >= 0.3 is 12.1 Å². The van der Waals surface area contributed by atoms with E-state index < -0.39 is 24.1 Å². The van der Waals surface area contributed by atoms with E-state index in [0.717, 1.165) is 44.1 Å². The second-order valence-electron chi connectivity index (χ2n) is 7.53. The molecule has 0 saturated carbocycles. The van der Waals surface area contributed by atoms with Crippen LogP contribution >= 0.6 is 0 Å². The summed E-state index contributed by atoms with van der Waals surface area (Å²) in [7, 11) is 0. The first kappa shape index (κ1) is 23.6. The molecule has 10 nitrogen and oxygen atoms in total. The predicted octanol–water partition coefficient (Wildman–Crippen LogP) is -0.119. The molecule has 1 atom stereocenters. The maximum absolute atomic E-state index is 12.6. The monoisotopic (exact) mass is 457 g/mol. The molecule has 13 heteroatoms. The summed E-state index contributed by atoms with van der Waals surface area (Å²) >= 11 is 0. The Morgan fingerprint density at radius 1 is 1.19 bits per heavy atom. The van der Waals surface area contributed by atoms with Crippen molar-refractivity contribution >= 4 is 23.7 Å².